The van der Waals surface area contributed by atoms with Crippen molar-refractivity contribution in [3.8, 4) is 0 Å². The van der Waals surface area contributed by atoms with Gasteiger partial charge < -0.3 is 39.9 Å². The number of phosphoric ester groups is 1. The molecule has 358 valence electrons. The Kier molecular flexibility index (Phi) is 34.1. The highest BCUT2D eigenvalue weighted by Gasteiger charge is 2.51. The van der Waals surface area contributed by atoms with Crippen LogP contribution in [0.3, 0.4) is 0 Å². The summed E-state index contributed by atoms with van der Waals surface area (Å²) in [6, 6.07) is 0. The zero-order chi connectivity index (χ0) is 45.9. The lowest BCUT2D eigenvalue weighted by atomic mass is 9.85. The summed E-state index contributed by atoms with van der Waals surface area (Å²) in [6.07, 6.45) is 25.9. The molecular weight excluding hydrogens is 819 g/mol. The highest BCUT2D eigenvalue weighted by molar-refractivity contribution is 7.47. The summed E-state index contributed by atoms with van der Waals surface area (Å²) < 4.78 is 33.3. The summed E-state index contributed by atoms with van der Waals surface area (Å²) in [6.45, 7) is 3.07. The van der Waals surface area contributed by atoms with E-state index in [2.05, 4.69) is 38.2 Å². The van der Waals surface area contributed by atoms with E-state index < -0.39 is 75.7 Å². The van der Waals surface area contributed by atoms with E-state index in [9.17, 15) is 49.4 Å². The smallest absolute Gasteiger partial charge is 0.462 e. The van der Waals surface area contributed by atoms with Crippen molar-refractivity contribution in [3.63, 3.8) is 0 Å². The maximum atomic E-state index is 12.8. The minimum atomic E-state index is -5.18. The third-order valence-electron chi connectivity index (χ3n) is 10.6. The Morgan fingerprint density at radius 2 is 1.03 bits per heavy atom. The Hall–Kier alpha value is -2.52. The number of unbranched alkanes of at least 4 members (excludes halogenated alkanes) is 17. The summed E-state index contributed by atoms with van der Waals surface area (Å²) >= 11 is 0. The first kappa shape index (κ1) is 57.5. The molecule has 1 rings (SSSR count). The van der Waals surface area contributed by atoms with Crippen LogP contribution >= 0.6 is 7.82 Å². The van der Waals surface area contributed by atoms with Gasteiger partial charge in [-0.05, 0) is 44.6 Å². The molecule has 0 aliphatic heterocycles. The molecule has 1 aliphatic carbocycles. The monoisotopic (exact) mass is 901 g/mol. The second-order valence-electron chi connectivity index (χ2n) is 16.3. The lowest BCUT2D eigenvalue weighted by Crippen LogP contribution is -2.64. The van der Waals surface area contributed by atoms with Gasteiger partial charge >= 0.3 is 19.8 Å². The lowest BCUT2D eigenvalue weighted by Gasteiger charge is -2.41. The summed E-state index contributed by atoms with van der Waals surface area (Å²) in [4.78, 5) is 48.0. The summed E-state index contributed by atoms with van der Waals surface area (Å²) in [7, 11) is -5.18. The zero-order valence-electron chi connectivity index (χ0n) is 37.6. The Balaban J connectivity index is 2.55. The number of ketones is 1. The number of aliphatic hydroxyl groups excluding tert-OH is 5. The van der Waals surface area contributed by atoms with E-state index in [0.717, 1.165) is 44.9 Å². The van der Waals surface area contributed by atoms with Crippen molar-refractivity contribution < 1.29 is 67.9 Å². The molecule has 0 spiro atoms. The number of hydrogen-bond acceptors (Lipinski definition) is 13. The van der Waals surface area contributed by atoms with E-state index in [0.29, 0.717) is 6.42 Å². The molecule has 1 saturated carbocycles. The van der Waals surface area contributed by atoms with Crippen molar-refractivity contribution in [2.24, 2.45) is 0 Å². The van der Waals surface area contributed by atoms with Crippen LogP contribution in [0, 0.1) is 0 Å². The molecule has 0 aromatic rings. The molecule has 15 heteroatoms. The van der Waals surface area contributed by atoms with Crippen molar-refractivity contribution >= 4 is 25.5 Å². The van der Waals surface area contributed by atoms with Crippen LogP contribution in [0.5, 0.6) is 0 Å². The van der Waals surface area contributed by atoms with Crippen LogP contribution in [0.1, 0.15) is 174 Å². The van der Waals surface area contributed by atoms with Crippen LogP contribution in [0.15, 0.2) is 48.6 Å². The summed E-state index contributed by atoms with van der Waals surface area (Å²) in [5, 5.41) is 50.1. The Morgan fingerprint density at radius 3 is 1.61 bits per heavy atom. The van der Waals surface area contributed by atoms with Crippen LogP contribution in [0.25, 0.3) is 0 Å². The van der Waals surface area contributed by atoms with E-state index in [1.54, 1.807) is 12.2 Å². The van der Waals surface area contributed by atoms with Gasteiger partial charge in [-0.25, -0.2) is 4.57 Å². The van der Waals surface area contributed by atoms with Crippen molar-refractivity contribution in [1.29, 1.82) is 0 Å². The van der Waals surface area contributed by atoms with Crippen molar-refractivity contribution in [1.82, 2.24) is 0 Å². The van der Waals surface area contributed by atoms with Gasteiger partial charge in [0, 0.05) is 19.3 Å². The van der Waals surface area contributed by atoms with Gasteiger partial charge in [0.15, 0.2) is 11.9 Å². The highest BCUT2D eigenvalue weighted by atomic mass is 31.2. The van der Waals surface area contributed by atoms with E-state index in [-0.39, 0.29) is 31.5 Å². The first-order valence-corrected chi connectivity index (χ1v) is 24.9. The van der Waals surface area contributed by atoms with Crippen molar-refractivity contribution in [3.05, 3.63) is 48.6 Å². The number of allylic oxidation sites excluding steroid dienone is 8. The average Bonchev–Trinajstić information content (AvgIpc) is 3.25. The zero-order valence-corrected chi connectivity index (χ0v) is 38.5. The molecule has 62 heavy (non-hydrogen) atoms. The van der Waals surface area contributed by atoms with Gasteiger partial charge in [-0.1, -0.05) is 159 Å². The van der Waals surface area contributed by atoms with E-state index in [1.165, 1.54) is 89.5 Å². The molecule has 0 radical (unpaired) electrons. The fourth-order valence-electron chi connectivity index (χ4n) is 6.83. The standard InChI is InChI=1S/C47H81O14P/c1-3-5-7-9-11-13-15-17-18-20-22-24-26-28-30-34-40(49)58-36-39(37-59-62(56,57)61-47-45(54)43(52)42(51)44(53)46(47)55)60-41(50)35-31-33-38(48)32-29-27-25-23-21-19-16-14-12-10-8-6-4-2/h12,14,19,21,25,27,29,32,39,42-47,51-55H,3-11,13,15-18,20,22-24,26,28,30-31,33-37H2,1-2H3,(H,56,57)/b14-12-,21-19-,27-25-,32-29+/t39-,42?,43-,44+,45-,46-,47?/m1/s1. The summed E-state index contributed by atoms with van der Waals surface area (Å²) in [5.41, 5.74) is 0. The Morgan fingerprint density at radius 1 is 0.548 bits per heavy atom. The number of esters is 2. The third-order valence-corrected chi connectivity index (χ3v) is 11.6. The van der Waals surface area contributed by atoms with Gasteiger partial charge in [-0.3, -0.25) is 23.4 Å². The number of phosphoric acid groups is 1. The molecule has 0 aromatic heterocycles. The minimum Gasteiger partial charge on any atom is -0.462 e. The van der Waals surface area contributed by atoms with Gasteiger partial charge in [0.25, 0.3) is 0 Å². The summed E-state index contributed by atoms with van der Waals surface area (Å²) in [5.74, 6) is -1.55. The number of hydrogen-bond donors (Lipinski definition) is 6. The second kappa shape index (κ2) is 36.8. The topological polar surface area (TPSA) is 227 Å². The fourth-order valence-corrected chi connectivity index (χ4v) is 7.80. The number of ether oxygens (including phenoxy) is 2. The van der Waals surface area contributed by atoms with Crippen LogP contribution in [0.4, 0.5) is 0 Å². The predicted molar refractivity (Wildman–Crippen MR) is 240 cm³/mol. The molecule has 1 aliphatic rings. The third kappa shape index (κ3) is 29.0. The number of carbonyl (C=O) groups is 3. The SMILES string of the molecule is CCCCC/C=C\C/C=C\C/C=C\C=C\C(=O)CCCC(=O)O[C@H](COC(=O)CCCCCCCCCCCCCCCCC)COP(=O)(O)OC1[C@H](O)[C@H](O)C(O)[C@H](O)[C@H]1O. The van der Waals surface area contributed by atoms with Crippen LogP contribution in [-0.4, -0.2) is 104 Å². The van der Waals surface area contributed by atoms with Crippen LogP contribution in [0.2, 0.25) is 0 Å². The molecule has 14 nitrogen and oxygen atoms in total. The number of carbonyl (C=O) groups excluding carboxylic acids is 3. The molecular formula is C47H81O14P. The first-order valence-electron chi connectivity index (χ1n) is 23.4. The molecule has 0 amide bonds. The van der Waals surface area contributed by atoms with E-state index in [4.69, 9.17) is 18.5 Å². The maximum absolute atomic E-state index is 12.8. The van der Waals surface area contributed by atoms with Gasteiger partial charge in [-0.2, -0.15) is 0 Å². The van der Waals surface area contributed by atoms with E-state index >= 15 is 0 Å². The largest absolute Gasteiger partial charge is 0.472 e. The molecule has 1 fully saturated rings. The molecule has 0 bridgehead atoms. The molecule has 0 aromatic carbocycles. The van der Waals surface area contributed by atoms with Gasteiger partial charge in [0.2, 0.25) is 0 Å². The van der Waals surface area contributed by atoms with Crippen molar-refractivity contribution in [2.75, 3.05) is 13.2 Å². The lowest BCUT2D eigenvalue weighted by molar-refractivity contribution is -0.220. The Bertz CT molecular complexity index is 1330. The maximum Gasteiger partial charge on any atom is 0.472 e. The quantitative estimate of drug-likeness (QED) is 0.00855. The van der Waals surface area contributed by atoms with Crippen LogP contribution in [-0.2, 0) is 37.5 Å². The molecule has 0 heterocycles. The molecule has 6 N–H and O–H groups in total. The highest BCUT2D eigenvalue weighted by Crippen LogP contribution is 2.47. The molecule has 3 unspecified atom stereocenters. The number of rotatable bonds is 38. The minimum absolute atomic E-state index is 0.0530. The number of aliphatic hydroxyl groups is 5. The normalized spacial score (nSPS) is 22.2. The van der Waals surface area contributed by atoms with E-state index in [1.807, 2.05) is 6.08 Å². The predicted octanol–water partition coefficient (Wildman–Crippen LogP) is 8.35. The van der Waals surface area contributed by atoms with Crippen molar-refractivity contribution in [2.45, 2.75) is 217 Å². The average molecular weight is 901 g/mol. The van der Waals surface area contributed by atoms with Gasteiger partial charge in [0.1, 0.15) is 43.2 Å². The second-order valence-corrected chi connectivity index (χ2v) is 17.7. The molecule has 8 atom stereocenters. The first-order chi connectivity index (χ1) is 29.8. The Labute approximate surface area is 371 Å². The molecule has 0 saturated heterocycles. The van der Waals surface area contributed by atoms with Gasteiger partial charge in [-0.15, -0.1) is 0 Å². The fraction of sp³-hybridized carbons (Fsp3) is 0.766. The van der Waals surface area contributed by atoms with Gasteiger partial charge in [0.05, 0.1) is 6.61 Å². The van der Waals surface area contributed by atoms with Crippen LogP contribution < -0.4 is 0 Å².